The van der Waals surface area contributed by atoms with Crippen molar-refractivity contribution in [2.45, 2.75) is 13.0 Å². The Balaban J connectivity index is 1.66. The standard InChI is InChI=1S/C19H19N3O4/c1-26-14-8-6-13(7-9-14)10-11-20-17(23)12-22-16-5-3-2-4-15(16)18(24)21-19(22)25/h2-9H,10-12H2,1H3,(H,20,23)(H,21,24,25). The van der Waals surface area contributed by atoms with Crippen LogP contribution in [0, 0.1) is 0 Å². The van der Waals surface area contributed by atoms with Gasteiger partial charge in [-0.25, -0.2) is 4.79 Å². The van der Waals surface area contributed by atoms with Crippen molar-refractivity contribution in [3.8, 4) is 5.75 Å². The van der Waals surface area contributed by atoms with E-state index in [2.05, 4.69) is 10.3 Å². The average molecular weight is 353 g/mol. The molecule has 2 N–H and O–H groups in total. The first-order chi connectivity index (χ1) is 12.6. The molecule has 0 spiro atoms. The molecule has 3 rings (SSSR count). The number of benzene rings is 2. The smallest absolute Gasteiger partial charge is 0.329 e. The molecule has 0 radical (unpaired) electrons. The molecule has 0 bridgehead atoms. The van der Waals surface area contributed by atoms with Crippen LogP contribution in [0.2, 0.25) is 0 Å². The van der Waals surface area contributed by atoms with E-state index in [1.807, 2.05) is 24.3 Å². The second-order valence-electron chi connectivity index (χ2n) is 5.81. The molecule has 0 saturated heterocycles. The fraction of sp³-hybridized carbons (Fsp3) is 0.211. The van der Waals surface area contributed by atoms with Crippen molar-refractivity contribution in [2.24, 2.45) is 0 Å². The zero-order valence-corrected chi connectivity index (χ0v) is 14.3. The molecule has 134 valence electrons. The molecule has 0 atom stereocenters. The number of aromatic amines is 1. The Morgan fingerprint density at radius 2 is 1.85 bits per heavy atom. The molecule has 7 nitrogen and oxygen atoms in total. The second-order valence-corrected chi connectivity index (χ2v) is 5.81. The summed E-state index contributed by atoms with van der Waals surface area (Å²) in [4.78, 5) is 38.3. The fourth-order valence-corrected chi connectivity index (χ4v) is 2.74. The first kappa shape index (κ1) is 17.5. The topological polar surface area (TPSA) is 93.2 Å². The quantitative estimate of drug-likeness (QED) is 0.693. The molecule has 0 fully saturated rings. The van der Waals surface area contributed by atoms with Crippen LogP contribution in [-0.2, 0) is 17.8 Å². The number of hydrogen-bond donors (Lipinski definition) is 2. The maximum Gasteiger partial charge on any atom is 0.329 e. The largest absolute Gasteiger partial charge is 0.497 e. The lowest BCUT2D eigenvalue weighted by atomic mass is 10.1. The van der Waals surface area contributed by atoms with Crippen molar-refractivity contribution in [1.29, 1.82) is 0 Å². The summed E-state index contributed by atoms with van der Waals surface area (Å²) < 4.78 is 6.37. The highest BCUT2D eigenvalue weighted by atomic mass is 16.5. The minimum Gasteiger partial charge on any atom is -0.497 e. The van der Waals surface area contributed by atoms with Crippen molar-refractivity contribution in [2.75, 3.05) is 13.7 Å². The lowest BCUT2D eigenvalue weighted by Gasteiger charge is -2.10. The van der Waals surface area contributed by atoms with Crippen molar-refractivity contribution < 1.29 is 9.53 Å². The number of ether oxygens (including phenoxy) is 1. The van der Waals surface area contributed by atoms with Gasteiger partial charge in [-0.15, -0.1) is 0 Å². The molecular formula is C19H19N3O4. The van der Waals surface area contributed by atoms with Crippen LogP contribution in [0.5, 0.6) is 5.75 Å². The van der Waals surface area contributed by atoms with Gasteiger partial charge in [0.25, 0.3) is 5.56 Å². The predicted molar refractivity (Wildman–Crippen MR) is 98.5 cm³/mol. The molecule has 26 heavy (non-hydrogen) atoms. The fourth-order valence-electron chi connectivity index (χ4n) is 2.74. The Morgan fingerprint density at radius 1 is 1.12 bits per heavy atom. The van der Waals surface area contributed by atoms with Crippen LogP contribution in [0.3, 0.4) is 0 Å². The number of nitrogens with one attached hydrogen (secondary N) is 2. The zero-order chi connectivity index (χ0) is 18.5. The predicted octanol–water partition coefficient (Wildman–Crippen LogP) is 1.06. The zero-order valence-electron chi connectivity index (χ0n) is 14.3. The van der Waals surface area contributed by atoms with E-state index in [1.165, 1.54) is 4.57 Å². The van der Waals surface area contributed by atoms with Gasteiger partial charge in [0.15, 0.2) is 0 Å². The van der Waals surface area contributed by atoms with Gasteiger partial charge in [-0.2, -0.15) is 0 Å². The molecular weight excluding hydrogens is 334 g/mol. The molecule has 3 aromatic rings. The third-order valence-corrected chi connectivity index (χ3v) is 4.10. The van der Waals surface area contributed by atoms with E-state index in [-0.39, 0.29) is 12.5 Å². The number of para-hydroxylation sites is 1. The van der Waals surface area contributed by atoms with Gasteiger partial charge in [0.2, 0.25) is 5.91 Å². The third-order valence-electron chi connectivity index (χ3n) is 4.10. The SMILES string of the molecule is COc1ccc(CCNC(=O)Cn2c(=O)[nH]c(=O)c3ccccc32)cc1. The number of amides is 1. The van der Waals surface area contributed by atoms with Gasteiger partial charge in [-0.3, -0.25) is 19.1 Å². The second kappa shape index (κ2) is 7.69. The van der Waals surface area contributed by atoms with Crippen LogP contribution in [-0.4, -0.2) is 29.1 Å². The van der Waals surface area contributed by atoms with Gasteiger partial charge in [0.05, 0.1) is 18.0 Å². The molecule has 0 saturated carbocycles. The minimum absolute atomic E-state index is 0.154. The van der Waals surface area contributed by atoms with Crippen LogP contribution in [0.25, 0.3) is 10.9 Å². The summed E-state index contributed by atoms with van der Waals surface area (Å²) in [5.74, 6) is 0.486. The molecule has 7 heteroatoms. The number of rotatable bonds is 6. The number of carbonyl (C=O) groups is 1. The van der Waals surface area contributed by atoms with Gasteiger partial charge >= 0.3 is 5.69 Å². The van der Waals surface area contributed by atoms with E-state index < -0.39 is 11.2 Å². The highest BCUT2D eigenvalue weighted by Gasteiger charge is 2.10. The average Bonchev–Trinajstić information content (AvgIpc) is 2.66. The van der Waals surface area contributed by atoms with Crippen molar-refractivity contribution >= 4 is 16.8 Å². The molecule has 0 unspecified atom stereocenters. The summed E-state index contributed by atoms with van der Waals surface area (Å²) in [6, 6.07) is 14.3. The summed E-state index contributed by atoms with van der Waals surface area (Å²) in [5, 5.41) is 3.17. The van der Waals surface area contributed by atoms with Gasteiger partial charge in [0, 0.05) is 6.54 Å². The molecule has 1 heterocycles. The number of aromatic nitrogens is 2. The van der Waals surface area contributed by atoms with Gasteiger partial charge in [0.1, 0.15) is 12.3 Å². The molecule has 1 aromatic heterocycles. The van der Waals surface area contributed by atoms with Crippen molar-refractivity contribution in [1.82, 2.24) is 14.9 Å². The van der Waals surface area contributed by atoms with Crippen molar-refractivity contribution in [3.63, 3.8) is 0 Å². The monoisotopic (exact) mass is 353 g/mol. The van der Waals surface area contributed by atoms with Crippen LogP contribution in [0.15, 0.2) is 58.1 Å². The highest BCUT2D eigenvalue weighted by molar-refractivity contribution is 5.81. The first-order valence-electron chi connectivity index (χ1n) is 8.20. The molecule has 0 aliphatic heterocycles. The van der Waals surface area contributed by atoms with Gasteiger partial charge < -0.3 is 10.1 Å². The number of nitrogens with zero attached hydrogens (tertiary/aromatic N) is 1. The summed E-state index contributed by atoms with van der Waals surface area (Å²) in [6.07, 6.45) is 0.664. The Kier molecular flexibility index (Phi) is 5.17. The van der Waals surface area contributed by atoms with E-state index in [1.54, 1.807) is 31.4 Å². The lowest BCUT2D eigenvalue weighted by molar-refractivity contribution is -0.121. The van der Waals surface area contributed by atoms with E-state index >= 15 is 0 Å². The molecule has 0 aliphatic rings. The molecule has 0 aliphatic carbocycles. The van der Waals surface area contributed by atoms with E-state index in [4.69, 9.17) is 4.74 Å². The number of fused-ring (bicyclic) bond motifs is 1. The normalized spacial score (nSPS) is 10.7. The maximum absolute atomic E-state index is 12.2. The summed E-state index contributed by atoms with van der Waals surface area (Å²) in [7, 11) is 1.61. The molecule has 1 amide bonds. The maximum atomic E-state index is 12.2. The summed E-state index contributed by atoms with van der Waals surface area (Å²) >= 11 is 0. The highest BCUT2D eigenvalue weighted by Crippen LogP contribution is 2.11. The van der Waals surface area contributed by atoms with E-state index in [9.17, 15) is 14.4 Å². The van der Waals surface area contributed by atoms with Crippen LogP contribution in [0.4, 0.5) is 0 Å². The van der Waals surface area contributed by atoms with E-state index in [0.29, 0.717) is 23.9 Å². The van der Waals surface area contributed by atoms with E-state index in [0.717, 1.165) is 11.3 Å². The number of hydrogen-bond acceptors (Lipinski definition) is 4. The minimum atomic E-state index is -0.598. The number of methoxy groups -OCH3 is 1. The Bertz CT molecular complexity index is 1040. The van der Waals surface area contributed by atoms with Crippen LogP contribution < -0.4 is 21.3 Å². The Morgan fingerprint density at radius 3 is 2.58 bits per heavy atom. The first-order valence-corrected chi connectivity index (χ1v) is 8.20. The number of H-pyrrole nitrogens is 1. The Labute approximate surface area is 149 Å². The van der Waals surface area contributed by atoms with Gasteiger partial charge in [-0.1, -0.05) is 24.3 Å². The lowest BCUT2D eigenvalue weighted by Crippen LogP contribution is -2.36. The van der Waals surface area contributed by atoms with Crippen LogP contribution in [0.1, 0.15) is 5.56 Å². The van der Waals surface area contributed by atoms with Gasteiger partial charge in [-0.05, 0) is 36.2 Å². The van der Waals surface area contributed by atoms with Crippen molar-refractivity contribution in [3.05, 3.63) is 74.9 Å². The summed E-state index contributed by atoms with van der Waals surface area (Å²) in [5.41, 5.74) is 0.449. The molecule has 2 aromatic carbocycles. The third kappa shape index (κ3) is 3.83. The number of carbonyl (C=O) groups excluding carboxylic acids is 1. The Hall–Kier alpha value is -3.35. The summed E-state index contributed by atoms with van der Waals surface area (Å²) in [6.45, 7) is 0.292. The van der Waals surface area contributed by atoms with Crippen LogP contribution >= 0.6 is 0 Å².